The highest BCUT2D eigenvalue weighted by molar-refractivity contribution is 8.01. The van der Waals surface area contributed by atoms with Crippen LogP contribution in [0.4, 0.5) is 4.39 Å². The first-order chi connectivity index (χ1) is 8.17. The number of aromatic nitrogens is 2. The van der Waals surface area contributed by atoms with Gasteiger partial charge in [0.2, 0.25) is 0 Å². The molecule has 0 bridgehead atoms. The average Bonchev–Trinajstić information content (AvgIpc) is 2.63. The number of halogens is 1. The highest BCUT2D eigenvalue weighted by Gasteiger charge is 2.06. The highest BCUT2D eigenvalue weighted by atomic mass is 32.2. The lowest BCUT2D eigenvalue weighted by Crippen LogP contribution is -2.02. The van der Waals surface area contributed by atoms with Crippen molar-refractivity contribution < 1.29 is 4.39 Å². The van der Waals surface area contributed by atoms with Crippen LogP contribution < -0.4 is 5.73 Å². The summed E-state index contributed by atoms with van der Waals surface area (Å²) in [5.41, 5.74) is 6.38. The molecule has 0 amide bonds. The van der Waals surface area contributed by atoms with Crippen molar-refractivity contribution in [2.75, 3.05) is 6.54 Å². The molecule has 17 heavy (non-hydrogen) atoms. The van der Waals surface area contributed by atoms with Gasteiger partial charge in [-0.25, -0.2) is 9.37 Å². The van der Waals surface area contributed by atoms with Crippen molar-refractivity contribution in [1.29, 1.82) is 0 Å². The minimum atomic E-state index is -0.236. The van der Waals surface area contributed by atoms with Gasteiger partial charge in [-0.2, -0.15) is 4.37 Å². The Hall–Kier alpha value is -0.980. The summed E-state index contributed by atoms with van der Waals surface area (Å²) in [6, 6.07) is 4.96. The number of rotatable bonds is 4. The van der Waals surface area contributed by atoms with E-state index in [0.29, 0.717) is 13.0 Å². The van der Waals surface area contributed by atoms with Crippen LogP contribution >= 0.6 is 23.3 Å². The highest BCUT2D eigenvalue weighted by Crippen LogP contribution is 2.30. The average molecular weight is 269 g/mol. The van der Waals surface area contributed by atoms with Crippen molar-refractivity contribution >= 4 is 23.3 Å². The second-order valence-corrected chi connectivity index (χ2v) is 5.62. The summed E-state index contributed by atoms with van der Waals surface area (Å²) in [5.74, 6) is 0.510. The first-order valence-corrected chi connectivity index (χ1v) is 6.74. The molecule has 2 N–H and O–H groups in total. The Balaban J connectivity index is 2.20. The zero-order valence-electron chi connectivity index (χ0n) is 9.31. The first kappa shape index (κ1) is 12.5. The monoisotopic (exact) mass is 269 g/mol. The molecule has 0 spiro atoms. The summed E-state index contributed by atoms with van der Waals surface area (Å²) < 4.78 is 18.3. The van der Waals surface area contributed by atoms with E-state index in [1.54, 1.807) is 0 Å². The predicted octanol–water partition coefficient (Wildman–Crippen LogP) is 2.64. The quantitative estimate of drug-likeness (QED) is 0.927. The lowest BCUT2D eigenvalue weighted by atomic mass is 10.1. The predicted molar refractivity (Wildman–Crippen MR) is 67.9 cm³/mol. The van der Waals surface area contributed by atoms with E-state index in [0.717, 1.165) is 20.6 Å². The van der Waals surface area contributed by atoms with Crippen LogP contribution in [-0.4, -0.2) is 15.9 Å². The van der Waals surface area contributed by atoms with Gasteiger partial charge in [0, 0.05) is 4.90 Å². The van der Waals surface area contributed by atoms with Gasteiger partial charge >= 0.3 is 0 Å². The second-order valence-electron chi connectivity index (χ2n) is 3.54. The summed E-state index contributed by atoms with van der Waals surface area (Å²) in [7, 11) is 0. The third-order valence-corrected chi connectivity index (χ3v) is 3.89. The first-order valence-electron chi connectivity index (χ1n) is 5.15. The SMILES string of the molecule is Cc1nsc(Sc2cc(F)cc(CCN)c2)n1. The van der Waals surface area contributed by atoms with E-state index in [4.69, 9.17) is 5.73 Å². The van der Waals surface area contributed by atoms with Gasteiger partial charge in [-0.1, -0.05) is 11.8 Å². The normalized spacial score (nSPS) is 10.8. The fourth-order valence-corrected chi connectivity index (χ4v) is 3.15. The number of hydrogen-bond acceptors (Lipinski definition) is 5. The van der Waals surface area contributed by atoms with E-state index in [-0.39, 0.29) is 5.82 Å². The van der Waals surface area contributed by atoms with Crippen LogP contribution in [0.5, 0.6) is 0 Å². The number of hydrogen-bond donors (Lipinski definition) is 1. The van der Waals surface area contributed by atoms with Gasteiger partial charge in [0.25, 0.3) is 0 Å². The molecule has 6 heteroatoms. The van der Waals surface area contributed by atoms with Crippen LogP contribution in [0.25, 0.3) is 0 Å². The van der Waals surface area contributed by atoms with Crippen LogP contribution in [0.1, 0.15) is 11.4 Å². The molecule has 0 aliphatic carbocycles. The molecule has 3 nitrogen and oxygen atoms in total. The van der Waals surface area contributed by atoms with Crippen LogP contribution in [0, 0.1) is 12.7 Å². The minimum Gasteiger partial charge on any atom is -0.330 e. The van der Waals surface area contributed by atoms with Gasteiger partial charge in [-0.05, 0) is 55.2 Å². The summed E-state index contributed by atoms with van der Waals surface area (Å²) in [5, 5.41) is 0. The molecule has 0 atom stereocenters. The molecule has 1 heterocycles. The Kier molecular flexibility index (Phi) is 4.09. The molecule has 2 aromatic rings. The summed E-state index contributed by atoms with van der Waals surface area (Å²) >= 11 is 2.75. The Labute approximate surface area is 107 Å². The molecule has 2 rings (SSSR count). The van der Waals surface area contributed by atoms with E-state index in [1.807, 2.05) is 13.0 Å². The number of benzene rings is 1. The number of aryl methyl sites for hydroxylation is 1. The molecule has 0 saturated heterocycles. The van der Waals surface area contributed by atoms with Gasteiger partial charge in [0.15, 0.2) is 4.34 Å². The Morgan fingerprint density at radius 1 is 1.41 bits per heavy atom. The molecular weight excluding hydrogens is 257 g/mol. The molecule has 0 aliphatic heterocycles. The number of nitrogens with zero attached hydrogens (tertiary/aromatic N) is 2. The molecule has 90 valence electrons. The zero-order chi connectivity index (χ0) is 12.3. The third-order valence-electron chi connectivity index (χ3n) is 2.08. The maximum Gasteiger partial charge on any atom is 0.174 e. The molecule has 0 aliphatic rings. The van der Waals surface area contributed by atoms with Crippen LogP contribution in [-0.2, 0) is 6.42 Å². The summed E-state index contributed by atoms with van der Waals surface area (Å²) in [6.07, 6.45) is 0.681. The van der Waals surface area contributed by atoms with Crippen molar-refractivity contribution in [1.82, 2.24) is 9.36 Å². The maximum absolute atomic E-state index is 13.4. The lowest BCUT2D eigenvalue weighted by Gasteiger charge is -2.03. The van der Waals surface area contributed by atoms with Crippen LogP contribution in [0.2, 0.25) is 0 Å². The molecule has 1 aromatic heterocycles. The van der Waals surface area contributed by atoms with Crippen LogP contribution in [0.15, 0.2) is 27.4 Å². The Morgan fingerprint density at radius 2 is 2.24 bits per heavy atom. The molecule has 0 saturated carbocycles. The Bertz CT molecular complexity index is 513. The van der Waals surface area contributed by atoms with Crippen molar-refractivity contribution in [3.63, 3.8) is 0 Å². The van der Waals surface area contributed by atoms with Gasteiger partial charge in [0.05, 0.1) is 0 Å². The molecule has 1 aromatic carbocycles. The number of nitrogens with two attached hydrogens (primary N) is 1. The molecule has 0 radical (unpaired) electrons. The van der Waals surface area contributed by atoms with Gasteiger partial charge < -0.3 is 5.73 Å². The van der Waals surface area contributed by atoms with Crippen molar-refractivity contribution in [3.8, 4) is 0 Å². The zero-order valence-corrected chi connectivity index (χ0v) is 10.9. The van der Waals surface area contributed by atoms with Crippen molar-refractivity contribution in [2.45, 2.75) is 22.6 Å². The fraction of sp³-hybridized carbons (Fsp3) is 0.273. The largest absolute Gasteiger partial charge is 0.330 e. The Morgan fingerprint density at radius 3 is 2.88 bits per heavy atom. The third kappa shape index (κ3) is 3.49. The van der Waals surface area contributed by atoms with E-state index < -0.39 is 0 Å². The van der Waals surface area contributed by atoms with E-state index in [1.165, 1.54) is 35.4 Å². The molecular formula is C11H12FN3S2. The molecule has 0 unspecified atom stereocenters. The minimum absolute atomic E-state index is 0.236. The summed E-state index contributed by atoms with van der Waals surface area (Å²) in [4.78, 5) is 5.07. The van der Waals surface area contributed by atoms with Gasteiger partial charge in [-0.15, -0.1) is 0 Å². The second kappa shape index (κ2) is 5.57. The van der Waals surface area contributed by atoms with E-state index in [2.05, 4.69) is 9.36 Å². The van der Waals surface area contributed by atoms with Crippen LogP contribution in [0.3, 0.4) is 0 Å². The maximum atomic E-state index is 13.4. The van der Waals surface area contributed by atoms with E-state index >= 15 is 0 Å². The van der Waals surface area contributed by atoms with Gasteiger partial charge in [0.1, 0.15) is 11.6 Å². The topological polar surface area (TPSA) is 51.8 Å². The molecule has 0 fully saturated rings. The van der Waals surface area contributed by atoms with E-state index in [9.17, 15) is 4.39 Å². The van der Waals surface area contributed by atoms with Crippen molar-refractivity contribution in [2.24, 2.45) is 5.73 Å². The fourth-order valence-electron chi connectivity index (χ4n) is 1.41. The van der Waals surface area contributed by atoms with Gasteiger partial charge in [-0.3, -0.25) is 0 Å². The van der Waals surface area contributed by atoms with Crippen molar-refractivity contribution in [3.05, 3.63) is 35.4 Å². The smallest absolute Gasteiger partial charge is 0.174 e. The lowest BCUT2D eigenvalue weighted by molar-refractivity contribution is 0.621. The standard InChI is InChI=1S/C11H12FN3S2/c1-7-14-11(17-15-7)16-10-5-8(2-3-13)4-9(12)6-10/h4-6H,2-3,13H2,1H3. The summed E-state index contributed by atoms with van der Waals surface area (Å²) in [6.45, 7) is 2.36.